The van der Waals surface area contributed by atoms with Gasteiger partial charge in [0.1, 0.15) is 11.4 Å². The second-order valence-corrected chi connectivity index (χ2v) is 4.15. The van der Waals surface area contributed by atoms with E-state index in [1.54, 1.807) is 18.1 Å². The lowest BCUT2D eigenvalue weighted by atomic mass is 10.3. The van der Waals surface area contributed by atoms with E-state index < -0.39 is 0 Å². The highest BCUT2D eigenvalue weighted by molar-refractivity contribution is 7.99. The van der Waals surface area contributed by atoms with Gasteiger partial charge in [0.05, 0.1) is 0 Å². The summed E-state index contributed by atoms with van der Waals surface area (Å²) in [5.74, 6) is 0.901. The minimum atomic E-state index is 0.675. The molecular formula is C9H12N4S. The van der Waals surface area contributed by atoms with Crippen LogP contribution in [0, 0.1) is 6.92 Å². The Kier molecular flexibility index (Phi) is 2.69. The minimum absolute atomic E-state index is 0.675. The zero-order valence-electron chi connectivity index (χ0n) is 7.97. The normalized spacial score (nSPS) is 11.0. The van der Waals surface area contributed by atoms with Crippen molar-refractivity contribution in [2.45, 2.75) is 11.9 Å². The number of thioether (sulfide) groups is 1. The van der Waals surface area contributed by atoms with Crippen molar-refractivity contribution in [2.24, 2.45) is 5.73 Å². The number of hydrogen-bond donors (Lipinski definition) is 1. The number of nitrogens with zero attached hydrogens (tertiary/aromatic N) is 3. The van der Waals surface area contributed by atoms with Crippen LogP contribution in [-0.4, -0.2) is 26.9 Å². The predicted octanol–water partition coefficient (Wildman–Crippen LogP) is 1.09. The van der Waals surface area contributed by atoms with Gasteiger partial charge >= 0.3 is 0 Å². The number of nitrogens with two attached hydrogens (primary N) is 1. The van der Waals surface area contributed by atoms with Crippen LogP contribution in [0.5, 0.6) is 0 Å². The van der Waals surface area contributed by atoms with Gasteiger partial charge in [0, 0.05) is 12.3 Å². The molecule has 2 N–H and O–H groups in total. The van der Waals surface area contributed by atoms with Crippen molar-refractivity contribution < 1.29 is 0 Å². The third kappa shape index (κ3) is 1.73. The van der Waals surface area contributed by atoms with E-state index in [0.717, 1.165) is 16.4 Å². The predicted molar refractivity (Wildman–Crippen MR) is 57.5 cm³/mol. The van der Waals surface area contributed by atoms with Crippen LogP contribution in [0.1, 0.15) is 5.56 Å². The third-order valence-corrected chi connectivity index (χ3v) is 2.88. The summed E-state index contributed by atoms with van der Waals surface area (Å²) in [6.45, 7) is 2.73. The number of rotatable bonds is 3. The Morgan fingerprint density at radius 1 is 1.50 bits per heavy atom. The minimum Gasteiger partial charge on any atom is -0.330 e. The van der Waals surface area contributed by atoms with Crippen LogP contribution >= 0.6 is 11.8 Å². The van der Waals surface area contributed by atoms with E-state index in [2.05, 4.69) is 23.1 Å². The number of aromatic nitrogens is 3. The van der Waals surface area contributed by atoms with E-state index in [-0.39, 0.29) is 0 Å². The molecule has 0 unspecified atom stereocenters. The topological polar surface area (TPSA) is 56.2 Å². The first-order valence-electron chi connectivity index (χ1n) is 4.44. The van der Waals surface area contributed by atoms with Crippen molar-refractivity contribution in [3.63, 3.8) is 0 Å². The van der Waals surface area contributed by atoms with Gasteiger partial charge < -0.3 is 5.73 Å². The molecule has 14 heavy (non-hydrogen) atoms. The average Bonchev–Trinajstić information content (AvgIpc) is 2.61. The number of fused-ring (bicyclic) bond motifs is 1. The molecule has 0 radical (unpaired) electrons. The molecule has 2 aromatic rings. The Morgan fingerprint density at radius 3 is 3.14 bits per heavy atom. The van der Waals surface area contributed by atoms with Crippen molar-refractivity contribution in [1.82, 2.24) is 14.6 Å². The molecule has 2 aromatic heterocycles. The van der Waals surface area contributed by atoms with Gasteiger partial charge in [0.2, 0.25) is 0 Å². The van der Waals surface area contributed by atoms with Gasteiger partial charge in [-0.1, -0.05) is 0 Å². The number of hydrogen-bond acceptors (Lipinski definition) is 4. The zero-order chi connectivity index (χ0) is 9.97. The summed E-state index contributed by atoms with van der Waals surface area (Å²) in [5, 5.41) is 5.26. The third-order valence-electron chi connectivity index (χ3n) is 1.86. The molecule has 0 aromatic carbocycles. The number of pyridine rings is 1. The van der Waals surface area contributed by atoms with Crippen LogP contribution in [0.15, 0.2) is 23.5 Å². The maximum Gasteiger partial charge on any atom is 0.156 e. The lowest BCUT2D eigenvalue weighted by molar-refractivity contribution is 0.857. The molecule has 2 heterocycles. The van der Waals surface area contributed by atoms with Gasteiger partial charge in [-0.25, -0.2) is 9.50 Å². The molecule has 2 rings (SSSR count). The summed E-state index contributed by atoms with van der Waals surface area (Å²) < 4.78 is 1.84. The van der Waals surface area contributed by atoms with E-state index in [1.165, 1.54) is 5.56 Å². The van der Waals surface area contributed by atoms with Crippen LogP contribution in [0.3, 0.4) is 0 Å². The summed E-state index contributed by atoms with van der Waals surface area (Å²) in [6, 6.07) is 4.11. The number of aryl methyl sites for hydroxylation is 1. The van der Waals surface area contributed by atoms with Crippen LogP contribution < -0.4 is 5.73 Å². The Bertz CT molecular complexity index is 437. The highest BCUT2D eigenvalue weighted by Crippen LogP contribution is 2.19. The van der Waals surface area contributed by atoms with Crippen LogP contribution in [-0.2, 0) is 0 Å². The van der Waals surface area contributed by atoms with Gasteiger partial charge in [-0.2, -0.15) is 5.10 Å². The summed E-state index contributed by atoms with van der Waals surface area (Å²) in [6.07, 6.45) is 1.57. The molecule has 0 saturated heterocycles. The van der Waals surface area contributed by atoms with Gasteiger partial charge in [-0.15, -0.1) is 11.8 Å². The van der Waals surface area contributed by atoms with E-state index in [0.29, 0.717) is 6.54 Å². The van der Waals surface area contributed by atoms with Crippen LogP contribution in [0.25, 0.3) is 5.65 Å². The van der Waals surface area contributed by atoms with E-state index in [9.17, 15) is 0 Å². The fourth-order valence-electron chi connectivity index (χ4n) is 1.29. The first-order valence-corrected chi connectivity index (χ1v) is 5.43. The molecular weight excluding hydrogens is 196 g/mol. The van der Waals surface area contributed by atoms with Crippen molar-refractivity contribution in [2.75, 3.05) is 12.3 Å². The SMILES string of the molecule is Cc1cc(SCCN)n2ncnc2c1. The second kappa shape index (κ2) is 3.98. The molecule has 74 valence electrons. The zero-order valence-corrected chi connectivity index (χ0v) is 8.79. The second-order valence-electron chi connectivity index (χ2n) is 3.04. The Balaban J connectivity index is 2.44. The van der Waals surface area contributed by atoms with Crippen molar-refractivity contribution in [1.29, 1.82) is 0 Å². The summed E-state index contributed by atoms with van der Waals surface area (Å²) in [7, 11) is 0. The average molecular weight is 208 g/mol. The quantitative estimate of drug-likeness (QED) is 0.767. The maximum absolute atomic E-state index is 5.47. The fraction of sp³-hybridized carbons (Fsp3) is 0.333. The molecule has 0 amide bonds. The largest absolute Gasteiger partial charge is 0.330 e. The highest BCUT2D eigenvalue weighted by atomic mass is 32.2. The molecule has 0 aliphatic heterocycles. The Labute approximate surface area is 86.5 Å². The Hall–Kier alpha value is -1.07. The van der Waals surface area contributed by atoms with Crippen molar-refractivity contribution >= 4 is 17.4 Å². The summed E-state index contributed by atoms with van der Waals surface area (Å²) >= 11 is 1.70. The smallest absolute Gasteiger partial charge is 0.156 e. The molecule has 4 nitrogen and oxygen atoms in total. The monoisotopic (exact) mass is 208 g/mol. The fourth-order valence-corrected chi connectivity index (χ4v) is 2.15. The molecule has 5 heteroatoms. The highest BCUT2D eigenvalue weighted by Gasteiger charge is 2.03. The lowest BCUT2D eigenvalue weighted by Crippen LogP contribution is -2.03. The standard InChI is InChI=1S/C9H12N4S/c1-7-4-8-11-6-12-13(8)9(5-7)14-3-2-10/h4-6H,2-3,10H2,1H3. The lowest BCUT2D eigenvalue weighted by Gasteiger charge is -2.03. The first-order chi connectivity index (χ1) is 6.81. The molecule has 0 saturated carbocycles. The maximum atomic E-state index is 5.47. The Morgan fingerprint density at radius 2 is 2.36 bits per heavy atom. The summed E-state index contributed by atoms with van der Waals surface area (Å²) in [4.78, 5) is 4.16. The molecule has 0 spiro atoms. The molecule has 0 bridgehead atoms. The van der Waals surface area contributed by atoms with Crippen LogP contribution in [0.4, 0.5) is 0 Å². The van der Waals surface area contributed by atoms with Crippen molar-refractivity contribution in [3.8, 4) is 0 Å². The van der Waals surface area contributed by atoms with Crippen molar-refractivity contribution in [3.05, 3.63) is 24.0 Å². The molecule has 0 fully saturated rings. The van der Waals surface area contributed by atoms with E-state index in [1.807, 2.05) is 10.6 Å². The van der Waals surface area contributed by atoms with Gasteiger partial charge in [-0.3, -0.25) is 0 Å². The van der Waals surface area contributed by atoms with Gasteiger partial charge in [-0.05, 0) is 24.6 Å². The van der Waals surface area contributed by atoms with E-state index in [4.69, 9.17) is 5.73 Å². The molecule has 0 aliphatic carbocycles. The molecule has 0 atom stereocenters. The van der Waals surface area contributed by atoms with Crippen LogP contribution in [0.2, 0.25) is 0 Å². The van der Waals surface area contributed by atoms with E-state index >= 15 is 0 Å². The van der Waals surface area contributed by atoms with Gasteiger partial charge in [0.15, 0.2) is 5.65 Å². The summed E-state index contributed by atoms with van der Waals surface area (Å²) in [5.41, 5.74) is 7.56. The molecule has 0 aliphatic rings. The van der Waals surface area contributed by atoms with Gasteiger partial charge in [0.25, 0.3) is 0 Å². The first kappa shape index (κ1) is 9.48.